The molecule has 146 valence electrons. The maximum Gasteiger partial charge on any atom is 0.244 e. The molecular formula is C23H26N2O3. The van der Waals surface area contributed by atoms with Crippen LogP contribution in [0.3, 0.4) is 0 Å². The van der Waals surface area contributed by atoms with Gasteiger partial charge in [0.25, 0.3) is 0 Å². The van der Waals surface area contributed by atoms with Crippen molar-refractivity contribution in [3.8, 4) is 5.75 Å². The lowest BCUT2D eigenvalue weighted by Gasteiger charge is -2.16. The van der Waals surface area contributed by atoms with Gasteiger partial charge in [-0.2, -0.15) is 0 Å². The molecule has 0 spiro atoms. The summed E-state index contributed by atoms with van der Waals surface area (Å²) < 4.78 is 5.33. The minimum Gasteiger partial charge on any atom is -0.496 e. The van der Waals surface area contributed by atoms with Crippen LogP contribution in [0.1, 0.15) is 35.1 Å². The Kier molecular flexibility index (Phi) is 6.48. The van der Waals surface area contributed by atoms with Crippen LogP contribution in [0.5, 0.6) is 5.75 Å². The number of nitrogens with zero attached hydrogens (tertiary/aromatic N) is 1. The zero-order chi connectivity index (χ0) is 19.9. The summed E-state index contributed by atoms with van der Waals surface area (Å²) in [4.78, 5) is 25.9. The van der Waals surface area contributed by atoms with Crippen LogP contribution in [0.15, 0.2) is 48.5 Å². The van der Waals surface area contributed by atoms with Crippen molar-refractivity contribution >= 4 is 17.9 Å². The molecule has 5 heteroatoms. The number of hydrogen-bond donors (Lipinski definition) is 1. The number of likely N-dealkylation sites (tertiary alicyclic amines) is 1. The molecule has 1 heterocycles. The number of hydrogen-bond acceptors (Lipinski definition) is 3. The predicted octanol–water partition coefficient (Wildman–Crippen LogP) is 3.46. The van der Waals surface area contributed by atoms with Crippen LogP contribution in [-0.2, 0) is 22.7 Å². The van der Waals surface area contributed by atoms with Crippen LogP contribution in [-0.4, -0.2) is 30.4 Å². The number of carbonyl (C=O) groups excluding carboxylic acids is 2. The van der Waals surface area contributed by atoms with Crippen molar-refractivity contribution in [3.63, 3.8) is 0 Å². The molecule has 0 bridgehead atoms. The van der Waals surface area contributed by atoms with Crippen LogP contribution in [0.25, 0.3) is 6.08 Å². The highest BCUT2D eigenvalue weighted by Gasteiger charge is 2.19. The maximum atomic E-state index is 12.2. The van der Waals surface area contributed by atoms with E-state index in [-0.39, 0.29) is 11.8 Å². The highest BCUT2D eigenvalue weighted by molar-refractivity contribution is 5.92. The molecule has 28 heavy (non-hydrogen) atoms. The fourth-order valence-corrected chi connectivity index (χ4v) is 3.33. The van der Waals surface area contributed by atoms with E-state index in [1.165, 1.54) is 6.08 Å². The minimum absolute atomic E-state index is 0.163. The van der Waals surface area contributed by atoms with Gasteiger partial charge in [0.1, 0.15) is 5.75 Å². The molecule has 2 amide bonds. The molecule has 1 saturated heterocycles. The summed E-state index contributed by atoms with van der Waals surface area (Å²) in [7, 11) is 1.62. The van der Waals surface area contributed by atoms with E-state index in [0.29, 0.717) is 19.5 Å². The summed E-state index contributed by atoms with van der Waals surface area (Å²) in [6.45, 7) is 3.90. The normalized spacial score (nSPS) is 13.9. The number of amides is 2. The molecule has 5 nitrogen and oxygen atoms in total. The predicted molar refractivity (Wildman–Crippen MR) is 110 cm³/mol. The molecule has 0 aromatic heterocycles. The first-order valence-corrected chi connectivity index (χ1v) is 9.51. The van der Waals surface area contributed by atoms with Gasteiger partial charge >= 0.3 is 0 Å². The molecule has 0 unspecified atom stereocenters. The third-order valence-electron chi connectivity index (χ3n) is 4.80. The smallest absolute Gasteiger partial charge is 0.244 e. The molecule has 0 atom stereocenters. The lowest BCUT2D eigenvalue weighted by atomic mass is 10.1. The van der Waals surface area contributed by atoms with Crippen molar-refractivity contribution in [1.82, 2.24) is 10.2 Å². The van der Waals surface area contributed by atoms with Gasteiger partial charge in [0.2, 0.25) is 11.8 Å². The molecule has 1 aliphatic heterocycles. The second kappa shape index (κ2) is 9.22. The second-order valence-corrected chi connectivity index (χ2v) is 7.04. The molecule has 0 saturated carbocycles. The zero-order valence-electron chi connectivity index (χ0n) is 16.4. The van der Waals surface area contributed by atoms with Crippen LogP contribution in [0.4, 0.5) is 0 Å². The molecule has 1 fully saturated rings. The van der Waals surface area contributed by atoms with E-state index in [2.05, 4.69) is 5.32 Å². The Morgan fingerprint density at radius 2 is 2.04 bits per heavy atom. The van der Waals surface area contributed by atoms with Gasteiger partial charge in [-0.1, -0.05) is 35.9 Å². The SMILES string of the molecule is COc1ccc(C)cc1C=CC(=O)NCc1cccc(CN2CCCC2=O)c1. The molecule has 1 aliphatic rings. The lowest BCUT2D eigenvalue weighted by molar-refractivity contribution is -0.128. The number of benzene rings is 2. The van der Waals surface area contributed by atoms with Gasteiger partial charge in [-0.3, -0.25) is 9.59 Å². The summed E-state index contributed by atoms with van der Waals surface area (Å²) in [6.07, 6.45) is 4.86. The van der Waals surface area contributed by atoms with Gasteiger partial charge in [0, 0.05) is 37.7 Å². The van der Waals surface area contributed by atoms with E-state index < -0.39 is 0 Å². The second-order valence-electron chi connectivity index (χ2n) is 7.04. The van der Waals surface area contributed by atoms with Gasteiger partial charge in [-0.25, -0.2) is 0 Å². The van der Waals surface area contributed by atoms with Gasteiger partial charge in [-0.15, -0.1) is 0 Å². The van der Waals surface area contributed by atoms with E-state index >= 15 is 0 Å². The van der Waals surface area contributed by atoms with Crippen LogP contribution in [0, 0.1) is 6.92 Å². The largest absolute Gasteiger partial charge is 0.496 e. The Hall–Kier alpha value is -3.08. The summed E-state index contributed by atoms with van der Waals surface area (Å²) in [5.74, 6) is 0.790. The number of methoxy groups -OCH3 is 1. The van der Waals surface area contributed by atoms with E-state index in [1.54, 1.807) is 13.2 Å². The van der Waals surface area contributed by atoms with Crippen molar-refractivity contribution < 1.29 is 14.3 Å². The summed E-state index contributed by atoms with van der Waals surface area (Å²) in [6, 6.07) is 13.8. The van der Waals surface area contributed by atoms with Crippen molar-refractivity contribution in [1.29, 1.82) is 0 Å². The molecule has 1 N–H and O–H groups in total. The third-order valence-corrected chi connectivity index (χ3v) is 4.80. The average Bonchev–Trinajstić information content (AvgIpc) is 3.09. The minimum atomic E-state index is -0.163. The number of aryl methyl sites for hydroxylation is 1. The van der Waals surface area contributed by atoms with Gasteiger partial charge in [0.15, 0.2) is 0 Å². The van der Waals surface area contributed by atoms with Crippen LogP contribution in [0.2, 0.25) is 0 Å². The molecule has 0 aliphatic carbocycles. The quantitative estimate of drug-likeness (QED) is 0.751. The first-order chi connectivity index (χ1) is 13.5. The van der Waals surface area contributed by atoms with Gasteiger partial charge < -0.3 is 15.0 Å². The Morgan fingerprint density at radius 3 is 2.79 bits per heavy atom. The Balaban J connectivity index is 1.56. The Bertz CT molecular complexity index is 889. The number of rotatable bonds is 7. The first-order valence-electron chi connectivity index (χ1n) is 9.51. The summed E-state index contributed by atoms with van der Waals surface area (Å²) in [5.41, 5.74) is 4.07. The van der Waals surface area contributed by atoms with Crippen molar-refractivity contribution in [2.24, 2.45) is 0 Å². The zero-order valence-corrected chi connectivity index (χ0v) is 16.4. The first kappa shape index (κ1) is 19.7. The highest BCUT2D eigenvalue weighted by atomic mass is 16.5. The summed E-state index contributed by atoms with van der Waals surface area (Å²) in [5, 5.41) is 2.90. The molecule has 0 radical (unpaired) electrons. The molecule has 2 aromatic rings. The van der Waals surface area contributed by atoms with E-state index in [9.17, 15) is 9.59 Å². The average molecular weight is 378 g/mol. The molecular weight excluding hydrogens is 352 g/mol. The van der Waals surface area contributed by atoms with Gasteiger partial charge in [0.05, 0.1) is 7.11 Å². The Morgan fingerprint density at radius 1 is 1.21 bits per heavy atom. The van der Waals surface area contributed by atoms with Crippen molar-refractivity contribution in [3.05, 3.63) is 70.8 Å². The third kappa shape index (κ3) is 5.22. The van der Waals surface area contributed by atoms with E-state index in [0.717, 1.165) is 41.0 Å². The fraction of sp³-hybridized carbons (Fsp3) is 0.304. The molecule has 2 aromatic carbocycles. The van der Waals surface area contributed by atoms with Crippen molar-refractivity contribution in [2.75, 3.05) is 13.7 Å². The monoisotopic (exact) mass is 378 g/mol. The molecule has 3 rings (SSSR count). The maximum absolute atomic E-state index is 12.2. The van der Waals surface area contributed by atoms with E-state index in [1.807, 2.05) is 54.3 Å². The summed E-state index contributed by atoms with van der Waals surface area (Å²) >= 11 is 0. The topological polar surface area (TPSA) is 58.6 Å². The lowest BCUT2D eigenvalue weighted by Crippen LogP contribution is -2.24. The highest BCUT2D eigenvalue weighted by Crippen LogP contribution is 2.21. The van der Waals surface area contributed by atoms with Crippen LogP contribution < -0.4 is 10.1 Å². The Labute approximate surface area is 166 Å². The van der Waals surface area contributed by atoms with Crippen LogP contribution >= 0.6 is 0 Å². The fourth-order valence-electron chi connectivity index (χ4n) is 3.33. The standard InChI is InChI=1S/C23H26N2O3/c1-17-8-10-21(28-2)20(13-17)9-11-22(26)24-15-18-5-3-6-19(14-18)16-25-12-4-7-23(25)27/h3,5-6,8-11,13-14H,4,7,12,15-16H2,1-2H3,(H,24,26). The number of carbonyl (C=O) groups is 2. The van der Waals surface area contributed by atoms with E-state index in [4.69, 9.17) is 4.74 Å². The van der Waals surface area contributed by atoms with Gasteiger partial charge in [-0.05, 0) is 42.7 Å². The van der Waals surface area contributed by atoms with Crippen molar-refractivity contribution in [2.45, 2.75) is 32.9 Å². The number of nitrogens with one attached hydrogen (secondary N) is 1. The number of ether oxygens (including phenoxy) is 1.